The number of ether oxygens (including phenoxy) is 2. The number of benzene rings is 2. The van der Waals surface area contributed by atoms with Crippen molar-refractivity contribution in [1.82, 2.24) is 0 Å². The first-order chi connectivity index (χ1) is 11.5. The number of amides is 1. The maximum atomic E-state index is 12.2. The first-order valence-corrected chi connectivity index (χ1v) is 8.38. The first-order valence-electron chi connectivity index (χ1n) is 7.59. The molecule has 2 N–H and O–H groups in total. The highest BCUT2D eigenvalue weighted by molar-refractivity contribution is 9.10. The Morgan fingerprint density at radius 1 is 1.17 bits per heavy atom. The van der Waals surface area contributed by atoms with E-state index in [1.165, 1.54) is 0 Å². The molecule has 24 heavy (non-hydrogen) atoms. The number of methoxy groups -OCH3 is 2. The summed E-state index contributed by atoms with van der Waals surface area (Å²) in [7, 11) is 5.23. The smallest absolute Gasteiger partial charge is 0.279 e. The summed E-state index contributed by atoms with van der Waals surface area (Å²) in [4.78, 5) is 13.2. The molecule has 0 aliphatic carbocycles. The third kappa shape index (κ3) is 5.25. The highest BCUT2D eigenvalue weighted by Crippen LogP contribution is 2.23. The van der Waals surface area contributed by atoms with Gasteiger partial charge in [-0.05, 0) is 30.3 Å². The molecule has 128 valence electrons. The molecule has 0 spiro atoms. The Morgan fingerprint density at radius 3 is 2.62 bits per heavy atom. The van der Waals surface area contributed by atoms with Gasteiger partial charge in [-0.15, -0.1) is 0 Å². The second kappa shape index (κ2) is 8.70. The van der Waals surface area contributed by atoms with Crippen molar-refractivity contribution >= 4 is 27.5 Å². The summed E-state index contributed by atoms with van der Waals surface area (Å²) in [6.07, 6.45) is 0. The molecule has 2 aromatic rings. The quantitative estimate of drug-likeness (QED) is 0.757. The van der Waals surface area contributed by atoms with Gasteiger partial charge in [0.15, 0.2) is 6.54 Å². The molecule has 0 saturated carbocycles. The second-order valence-electron chi connectivity index (χ2n) is 5.55. The molecule has 5 nitrogen and oxygen atoms in total. The van der Waals surface area contributed by atoms with Crippen LogP contribution in [0.5, 0.6) is 11.5 Å². The third-order valence-electron chi connectivity index (χ3n) is 3.56. The summed E-state index contributed by atoms with van der Waals surface area (Å²) >= 11 is 3.39. The van der Waals surface area contributed by atoms with Crippen LogP contribution in [0.15, 0.2) is 46.9 Å². The van der Waals surface area contributed by atoms with Crippen LogP contribution in [0.3, 0.4) is 0 Å². The number of likely N-dealkylation sites (N-methyl/N-ethyl adjacent to an activating group) is 1. The molecule has 0 fully saturated rings. The normalized spacial score (nSPS) is 11.7. The summed E-state index contributed by atoms with van der Waals surface area (Å²) in [5.41, 5.74) is 1.82. The van der Waals surface area contributed by atoms with Crippen LogP contribution >= 0.6 is 15.9 Å². The lowest BCUT2D eigenvalue weighted by molar-refractivity contribution is -0.885. The lowest BCUT2D eigenvalue weighted by Crippen LogP contribution is -3.08. The standard InChI is InChI=1S/C18H21BrN2O3/c1-21(11-13-7-8-16(23-2)10-17(13)24-3)12-18(22)20-15-6-4-5-14(19)9-15/h4-10H,11-12H2,1-3H3,(H,20,22)/p+1. The first kappa shape index (κ1) is 18.3. The number of hydrogen-bond acceptors (Lipinski definition) is 3. The van der Waals surface area contributed by atoms with Crippen molar-refractivity contribution in [3.8, 4) is 11.5 Å². The zero-order valence-electron chi connectivity index (χ0n) is 14.1. The number of carbonyl (C=O) groups excluding carboxylic acids is 1. The largest absolute Gasteiger partial charge is 0.497 e. The molecule has 0 heterocycles. The lowest BCUT2D eigenvalue weighted by atomic mass is 10.2. The van der Waals surface area contributed by atoms with Gasteiger partial charge in [-0.1, -0.05) is 22.0 Å². The van der Waals surface area contributed by atoms with E-state index in [1.54, 1.807) is 14.2 Å². The van der Waals surface area contributed by atoms with Crippen molar-refractivity contribution in [3.05, 3.63) is 52.5 Å². The van der Waals surface area contributed by atoms with Crippen molar-refractivity contribution in [3.63, 3.8) is 0 Å². The van der Waals surface area contributed by atoms with Crippen LogP contribution in [-0.2, 0) is 11.3 Å². The van der Waals surface area contributed by atoms with Crippen LogP contribution in [-0.4, -0.2) is 33.7 Å². The minimum atomic E-state index is -0.0296. The molecule has 0 bridgehead atoms. The second-order valence-corrected chi connectivity index (χ2v) is 6.46. The zero-order chi connectivity index (χ0) is 17.5. The molecule has 0 aliphatic heterocycles. The number of quaternary nitrogens is 1. The molecule has 1 amide bonds. The van der Waals surface area contributed by atoms with E-state index in [2.05, 4.69) is 21.2 Å². The minimum Gasteiger partial charge on any atom is -0.497 e. The number of carbonyl (C=O) groups is 1. The maximum absolute atomic E-state index is 12.2. The van der Waals surface area contributed by atoms with Gasteiger partial charge in [0.05, 0.1) is 21.3 Å². The molecule has 1 unspecified atom stereocenters. The van der Waals surface area contributed by atoms with E-state index in [9.17, 15) is 4.79 Å². The van der Waals surface area contributed by atoms with E-state index >= 15 is 0 Å². The monoisotopic (exact) mass is 393 g/mol. The molecule has 0 aromatic heterocycles. The van der Waals surface area contributed by atoms with E-state index in [1.807, 2.05) is 49.5 Å². The van der Waals surface area contributed by atoms with Crippen LogP contribution in [0, 0.1) is 0 Å². The minimum absolute atomic E-state index is 0.0296. The van der Waals surface area contributed by atoms with Crippen molar-refractivity contribution in [1.29, 1.82) is 0 Å². The Bertz CT molecular complexity index is 706. The van der Waals surface area contributed by atoms with Gasteiger partial charge in [0.25, 0.3) is 5.91 Å². The van der Waals surface area contributed by atoms with Crippen molar-refractivity contribution < 1.29 is 19.2 Å². The third-order valence-corrected chi connectivity index (χ3v) is 4.05. The number of hydrogen-bond donors (Lipinski definition) is 2. The van der Waals surface area contributed by atoms with Crippen LogP contribution in [0.25, 0.3) is 0 Å². The average molecular weight is 394 g/mol. The lowest BCUT2D eigenvalue weighted by Gasteiger charge is -2.16. The van der Waals surface area contributed by atoms with E-state index in [0.29, 0.717) is 13.1 Å². The predicted molar refractivity (Wildman–Crippen MR) is 97.8 cm³/mol. The van der Waals surface area contributed by atoms with Gasteiger partial charge in [0.1, 0.15) is 18.0 Å². The number of halogens is 1. The fraction of sp³-hybridized carbons (Fsp3) is 0.278. The molecule has 2 aromatic carbocycles. The van der Waals surface area contributed by atoms with E-state index in [0.717, 1.165) is 32.1 Å². The molecule has 0 saturated heterocycles. The van der Waals surface area contributed by atoms with Crippen LogP contribution in [0.1, 0.15) is 5.56 Å². The van der Waals surface area contributed by atoms with Gasteiger partial charge in [-0.2, -0.15) is 0 Å². The fourth-order valence-corrected chi connectivity index (χ4v) is 2.83. The number of nitrogens with one attached hydrogen (secondary N) is 2. The topological polar surface area (TPSA) is 52.0 Å². The Balaban J connectivity index is 1.95. The van der Waals surface area contributed by atoms with Crippen LogP contribution < -0.4 is 19.7 Å². The van der Waals surface area contributed by atoms with Gasteiger partial charge in [0, 0.05) is 21.8 Å². The van der Waals surface area contributed by atoms with Crippen molar-refractivity contribution in [2.75, 3.05) is 33.1 Å². The van der Waals surface area contributed by atoms with Gasteiger partial charge >= 0.3 is 0 Å². The van der Waals surface area contributed by atoms with E-state index in [-0.39, 0.29) is 5.91 Å². The Kier molecular flexibility index (Phi) is 6.63. The summed E-state index contributed by atoms with van der Waals surface area (Å²) in [6.45, 7) is 1.04. The Hall–Kier alpha value is -2.05. The number of anilines is 1. The van der Waals surface area contributed by atoms with Gasteiger partial charge in [0.2, 0.25) is 0 Å². The number of rotatable bonds is 7. The summed E-state index contributed by atoms with van der Waals surface area (Å²) in [5, 5.41) is 2.91. The fourth-order valence-electron chi connectivity index (χ4n) is 2.43. The predicted octanol–water partition coefficient (Wildman–Crippen LogP) is 2.12. The Labute approximate surface area is 150 Å². The SMILES string of the molecule is COc1ccc(C[NH+](C)CC(=O)Nc2cccc(Br)c2)c(OC)c1. The molecule has 1 atom stereocenters. The van der Waals surface area contributed by atoms with E-state index in [4.69, 9.17) is 9.47 Å². The van der Waals surface area contributed by atoms with Crippen molar-refractivity contribution in [2.24, 2.45) is 0 Å². The summed E-state index contributed by atoms with van der Waals surface area (Å²) in [6, 6.07) is 13.3. The summed E-state index contributed by atoms with van der Waals surface area (Å²) < 4.78 is 11.5. The average Bonchev–Trinajstić information content (AvgIpc) is 2.54. The van der Waals surface area contributed by atoms with Gasteiger partial charge in [-0.25, -0.2) is 0 Å². The van der Waals surface area contributed by atoms with E-state index < -0.39 is 0 Å². The zero-order valence-corrected chi connectivity index (χ0v) is 15.6. The molecule has 0 aliphatic rings. The van der Waals surface area contributed by atoms with Gasteiger partial charge in [-0.3, -0.25) is 4.79 Å². The highest BCUT2D eigenvalue weighted by Gasteiger charge is 2.14. The maximum Gasteiger partial charge on any atom is 0.279 e. The van der Waals surface area contributed by atoms with Crippen molar-refractivity contribution in [2.45, 2.75) is 6.54 Å². The molecule has 6 heteroatoms. The molecule has 0 radical (unpaired) electrons. The molecular weight excluding hydrogens is 372 g/mol. The molecule has 2 rings (SSSR count). The highest BCUT2D eigenvalue weighted by atomic mass is 79.9. The Morgan fingerprint density at radius 2 is 1.96 bits per heavy atom. The molecular formula is C18H22BrN2O3+. The van der Waals surface area contributed by atoms with Crippen LogP contribution in [0.2, 0.25) is 0 Å². The van der Waals surface area contributed by atoms with Gasteiger partial charge < -0.3 is 19.7 Å². The van der Waals surface area contributed by atoms with Crippen LogP contribution in [0.4, 0.5) is 5.69 Å². The summed E-state index contributed by atoms with van der Waals surface area (Å²) in [5.74, 6) is 1.49.